The van der Waals surface area contributed by atoms with E-state index in [1.807, 2.05) is 18.2 Å². The summed E-state index contributed by atoms with van der Waals surface area (Å²) >= 11 is 0. The number of aliphatic hydroxyl groups is 1. The second-order valence-corrected chi connectivity index (χ2v) is 5.42. The number of aromatic nitrogens is 2. The van der Waals surface area contributed by atoms with Gasteiger partial charge >= 0.3 is 0 Å². The highest BCUT2D eigenvalue weighted by Gasteiger charge is 2.27. The zero-order valence-corrected chi connectivity index (χ0v) is 12.2. The molecule has 1 aromatic heterocycles. The maximum absolute atomic E-state index is 9.08. The summed E-state index contributed by atoms with van der Waals surface area (Å²) in [6, 6.07) is 14.6. The Morgan fingerprint density at radius 1 is 1.10 bits per heavy atom. The van der Waals surface area contributed by atoms with Crippen LogP contribution < -0.4 is 4.90 Å². The summed E-state index contributed by atoms with van der Waals surface area (Å²) in [4.78, 5) is 4.63. The van der Waals surface area contributed by atoms with Crippen LogP contribution in [0, 0.1) is 0 Å². The van der Waals surface area contributed by atoms with Crippen LogP contribution in [0.4, 0.5) is 5.82 Å². The van der Waals surface area contributed by atoms with Crippen molar-refractivity contribution < 1.29 is 5.11 Å². The van der Waals surface area contributed by atoms with Gasteiger partial charge in [0.15, 0.2) is 5.82 Å². The van der Waals surface area contributed by atoms with Gasteiger partial charge in [-0.1, -0.05) is 30.3 Å². The number of benzene rings is 1. The number of anilines is 1. The highest BCUT2D eigenvalue weighted by molar-refractivity contribution is 5.43. The van der Waals surface area contributed by atoms with Crippen LogP contribution in [0.5, 0.6) is 0 Å². The van der Waals surface area contributed by atoms with E-state index in [4.69, 9.17) is 5.11 Å². The number of hydrogen-bond donors (Lipinski definition) is 1. The van der Waals surface area contributed by atoms with E-state index in [0.29, 0.717) is 5.69 Å². The number of hydrogen-bond acceptors (Lipinski definition) is 5. The fourth-order valence-corrected chi connectivity index (χ4v) is 2.74. The number of aliphatic hydroxyl groups excluding tert-OH is 1. The van der Waals surface area contributed by atoms with Crippen molar-refractivity contribution in [2.75, 3.05) is 31.6 Å². The first-order chi connectivity index (χ1) is 10.3. The van der Waals surface area contributed by atoms with E-state index in [1.165, 1.54) is 5.56 Å². The standard InChI is InChI=1S/C16H20N4O/c1-19-9-10-20(16-8-7-14(12-21)17-18-16)15(11-19)13-5-3-2-4-6-13/h2-8,15,21H,9-12H2,1H3. The summed E-state index contributed by atoms with van der Waals surface area (Å²) in [6.07, 6.45) is 0. The molecule has 110 valence electrons. The van der Waals surface area contributed by atoms with Crippen molar-refractivity contribution in [1.82, 2.24) is 15.1 Å². The van der Waals surface area contributed by atoms with Gasteiger partial charge in [0.25, 0.3) is 0 Å². The van der Waals surface area contributed by atoms with E-state index in [1.54, 1.807) is 0 Å². The molecule has 5 heteroatoms. The van der Waals surface area contributed by atoms with Crippen molar-refractivity contribution in [3.05, 3.63) is 53.7 Å². The van der Waals surface area contributed by atoms with Crippen LogP contribution in [0.1, 0.15) is 17.3 Å². The van der Waals surface area contributed by atoms with Crippen LogP contribution in [-0.2, 0) is 6.61 Å². The summed E-state index contributed by atoms with van der Waals surface area (Å²) in [5.41, 5.74) is 1.89. The minimum absolute atomic E-state index is 0.0713. The molecule has 1 unspecified atom stereocenters. The Kier molecular flexibility index (Phi) is 4.13. The highest BCUT2D eigenvalue weighted by atomic mass is 16.3. The van der Waals surface area contributed by atoms with Gasteiger partial charge in [-0.3, -0.25) is 0 Å². The maximum Gasteiger partial charge on any atom is 0.151 e. The van der Waals surface area contributed by atoms with Gasteiger partial charge in [0, 0.05) is 19.6 Å². The first kappa shape index (κ1) is 14.0. The summed E-state index contributed by atoms with van der Waals surface area (Å²) in [5, 5.41) is 17.4. The van der Waals surface area contributed by atoms with Gasteiger partial charge in [0.1, 0.15) is 0 Å². The normalized spacial score (nSPS) is 19.7. The quantitative estimate of drug-likeness (QED) is 0.925. The van der Waals surface area contributed by atoms with Gasteiger partial charge < -0.3 is 14.9 Å². The molecule has 2 heterocycles. The summed E-state index contributed by atoms with van der Waals surface area (Å²) in [6.45, 7) is 2.82. The first-order valence-electron chi connectivity index (χ1n) is 7.21. The zero-order valence-electron chi connectivity index (χ0n) is 12.2. The molecule has 0 amide bonds. The Labute approximate surface area is 124 Å². The Morgan fingerprint density at radius 2 is 1.90 bits per heavy atom. The predicted molar refractivity (Wildman–Crippen MR) is 82.0 cm³/mol. The van der Waals surface area contributed by atoms with Crippen molar-refractivity contribution in [3.8, 4) is 0 Å². The lowest BCUT2D eigenvalue weighted by Crippen LogP contribution is -2.47. The average molecular weight is 284 g/mol. The highest BCUT2D eigenvalue weighted by Crippen LogP contribution is 2.28. The largest absolute Gasteiger partial charge is 0.390 e. The zero-order chi connectivity index (χ0) is 14.7. The summed E-state index contributed by atoms with van der Waals surface area (Å²) in [7, 11) is 2.15. The van der Waals surface area contributed by atoms with Crippen LogP contribution in [0.2, 0.25) is 0 Å². The third kappa shape index (κ3) is 3.04. The van der Waals surface area contributed by atoms with Gasteiger partial charge in [0.05, 0.1) is 18.3 Å². The molecule has 1 fully saturated rings. The minimum Gasteiger partial charge on any atom is -0.390 e. The molecule has 1 N–H and O–H groups in total. The first-order valence-corrected chi connectivity index (χ1v) is 7.21. The lowest BCUT2D eigenvalue weighted by molar-refractivity contribution is 0.266. The van der Waals surface area contributed by atoms with Crippen LogP contribution in [0.25, 0.3) is 0 Å². The van der Waals surface area contributed by atoms with Crippen LogP contribution >= 0.6 is 0 Å². The van der Waals surface area contributed by atoms with E-state index in [2.05, 4.69) is 51.3 Å². The maximum atomic E-state index is 9.08. The molecule has 0 bridgehead atoms. The average Bonchev–Trinajstić information content (AvgIpc) is 2.56. The van der Waals surface area contributed by atoms with E-state index in [0.717, 1.165) is 25.5 Å². The second kappa shape index (κ2) is 6.20. The van der Waals surface area contributed by atoms with E-state index in [9.17, 15) is 0 Å². The van der Waals surface area contributed by atoms with E-state index >= 15 is 0 Å². The molecule has 21 heavy (non-hydrogen) atoms. The number of nitrogens with zero attached hydrogens (tertiary/aromatic N) is 4. The molecule has 1 aromatic carbocycles. The molecule has 0 spiro atoms. The molecular formula is C16H20N4O. The van der Waals surface area contributed by atoms with Crippen LogP contribution in [-0.4, -0.2) is 46.9 Å². The Bertz CT molecular complexity index is 573. The Morgan fingerprint density at radius 3 is 2.57 bits per heavy atom. The number of likely N-dealkylation sites (N-methyl/N-ethyl adjacent to an activating group) is 1. The third-order valence-corrected chi connectivity index (χ3v) is 3.93. The molecule has 3 rings (SSSR count). The van der Waals surface area contributed by atoms with Gasteiger partial charge in [0.2, 0.25) is 0 Å². The van der Waals surface area contributed by atoms with Gasteiger partial charge in [-0.05, 0) is 24.7 Å². The fraction of sp³-hybridized carbons (Fsp3) is 0.375. The fourth-order valence-electron chi connectivity index (χ4n) is 2.74. The van der Waals surface area contributed by atoms with E-state index in [-0.39, 0.29) is 12.6 Å². The topological polar surface area (TPSA) is 52.5 Å². The molecule has 1 aliphatic rings. The Balaban J connectivity index is 1.90. The SMILES string of the molecule is CN1CCN(c2ccc(CO)nn2)C(c2ccccc2)C1. The monoisotopic (exact) mass is 284 g/mol. The minimum atomic E-state index is -0.0713. The molecule has 0 aliphatic carbocycles. The van der Waals surface area contributed by atoms with Crippen LogP contribution in [0.3, 0.4) is 0 Å². The molecule has 5 nitrogen and oxygen atoms in total. The Hall–Kier alpha value is -1.98. The molecule has 0 radical (unpaired) electrons. The molecule has 0 saturated carbocycles. The van der Waals surface area contributed by atoms with Crippen LogP contribution in [0.15, 0.2) is 42.5 Å². The predicted octanol–water partition coefficient (Wildman–Crippen LogP) is 1.46. The van der Waals surface area contributed by atoms with Gasteiger partial charge in [-0.25, -0.2) is 0 Å². The number of piperazine rings is 1. The smallest absolute Gasteiger partial charge is 0.151 e. The summed E-state index contributed by atoms with van der Waals surface area (Å²) < 4.78 is 0. The summed E-state index contributed by atoms with van der Waals surface area (Å²) in [5.74, 6) is 0.870. The van der Waals surface area contributed by atoms with Crippen molar-refractivity contribution >= 4 is 5.82 Å². The lowest BCUT2D eigenvalue weighted by atomic mass is 10.0. The molecule has 1 saturated heterocycles. The van der Waals surface area contributed by atoms with Crippen molar-refractivity contribution in [2.24, 2.45) is 0 Å². The molecule has 1 aliphatic heterocycles. The van der Waals surface area contributed by atoms with Crippen molar-refractivity contribution in [1.29, 1.82) is 0 Å². The molecule has 1 atom stereocenters. The van der Waals surface area contributed by atoms with Crippen molar-refractivity contribution in [3.63, 3.8) is 0 Å². The van der Waals surface area contributed by atoms with E-state index < -0.39 is 0 Å². The third-order valence-electron chi connectivity index (χ3n) is 3.93. The van der Waals surface area contributed by atoms with Gasteiger partial charge in [-0.2, -0.15) is 5.10 Å². The lowest BCUT2D eigenvalue weighted by Gasteiger charge is -2.40. The molecule has 2 aromatic rings. The van der Waals surface area contributed by atoms with Crippen molar-refractivity contribution in [2.45, 2.75) is 12.6 Å². The number of rotatable bonds is 3. The molecular weight excluding hydrogens is 264 g/mol. The van der Waals surface area contributed by atoms with Gasteiger partial charge in [-0.15, -0.1) is 5.10 Å². The second-order valence-electron chi connectivity index (χ2n) is 5.42.